The van der Waals surface area contributed by atoms with Crippen LogP contribution < -0.4 is 0 Å². The van der Waals surface area contributed by atoms with Gasteiger partial charge in [0.2, 0.25) is 0 Å². The molecule has 13 heavy (non-hydrogen) atoms. The van der Waals surface area contributed by atoms with Crippen LogP contribution in [0.1, 0.15) is 46.5 Å². The Morgan fingerprint density at radius 3 is 2.46 bits per heavy atom. The SMILES string of the molecule is CCC1(C(=O)O)CCC(C)=C(C)C1. The Hall–Kier alpha value is -0.790. The molecular weight excluding hydrogens is 164 g/mol. The first-order valence-electron chi connectivity index (χ1n) is 4.90. The molecule has 0 amide bonds. The van der Waals surface area contributed by atoms with Crippen LogP contribution in [0.25, 0.3) is 0 Å². The van der Waals surface area contributed by atoms with Crippen LogP contribution in [0, 0.1) is 5.41 Å². The summed E-state index contributed by atoms with van der Waals surface area (Å²) in [5.41, 5.74) is 2.18. The molecule has 1 unspecified atom stereocenters. The highest BCUT2D eigenvalue weighted by atomic mass is 16.4. The van der Waals surface area contributed by atoms with E-state index in [-0.39, 0.29) is 0 Å². The van der Waals surface area contributed by atoms with Crippen molar-refractivity contribution in [1.29, 1.82) is 0 Å². The topological polar surface area (TPSA) is 37.3 Å². The first-order chi connectivity index (χ1) is 6.02. The van der Waals surface area contributed by atoms with Gasteiger partial charge in [-0.15, -0.1) is 0 Å². The third-order valence-corrected chi connectivity index (χ3v) is 3.44. The molecule has 0 aromatic rings. The number of rotatable bonds is 2. The van der Waals surface area contributed by atoms with Crippen LogP contribution in [0.3, 0.4) is 0 Å². The summed E-state index contributed by atoms with van der Waals surface area (Å²) in [6, 6.07) is 0. The number of carboxylic acids is 1. The van der Waals surface area contributed by atoms with Crippen LogP contribution in [0.2, 0.25) is 0 Å². The summed E-state index contributed by atoms with van der Waals surface area (Å²) in [6.45, 7) is 6.14. The van der Waals surface area contributed by atoms with Gasteiger partial charge >= 0.3 is 5.97 Å². The van der Waals surface area contributed by atoms with E-state index in [1.165, 1.54) is 11.1 Å². The Morgan fingerprint density at radius 1 is 1.46 bits per heavy atom. The lowest BCUT2D eigenvalue weighted by Gasteiger charge is -2.33. The third-order valence-electron chi connectivity index (χ3n) is 3.44. The molecule has 0 heterocycles. The second-order valence-corrected chi connectivity index (χ2v) is 4.18. The molecule has 2 heteroatoms. The maximum atomic E-state index is 11.1. The molecule has 1 aliphatic rings. The summed E-state index contributed by atoms with van der Waals surface area (Å²) < 4.78 is 0. The average molecular weight is 182 g/mol. The van der Waals surface area contributed by atoms with Crippen molar-refractivity contribution >= 4 is 5.97 Å². The first-order valence-corrected chi connectivity index (χ1v) is 4.90. The Morgan fingerprint density at radius 2 is 2.08 bits per heavy atom. The molecule has 0 radical (unpaired) electrons. The number of hydrogen-bond donors (Lipinski definition) is 1. The van der Waals surface area contributed by atoms with Crippen molar-refractivity contribution in [3.63, 3.8) is 0 Å². The molecule has 1 N–H and O–H groups in total. The Balaban J connectivity index is 2.90. The maximum Gasteiger partial charge on any atom is 0.309 e. The highest BCUT2D eigenvalue weighted by molar-refractivity contribution is 5.75. The van der Waals surface area contributed by atoms with Gasteiger partial charge < -0.3 is 5.11 Å². The molecule has 0 bridgehead atoms. The van der Waals surface area contributed by atoms with Crippen LogP contribution >= 0.6 is 0 Å². The number of hydrogen-bond acceptors (Lipinski definition) is 1. The summed E-state index contributed by atoms with van der Waals surface area (Å²) in [4.78, 5) is 11.1. The normalized spacial score (nSPS) is 29.2. The molecular formula is C11H18O2. The predicted octanol–water partition coefficient (Wildman–Crippen LogP) is 2.99. The highest BCUT2D eigenvalue weighted by Crippen LogP contribution is 2.41. The molecule has 0 aliphatic heterocycles. The summed E-state index contributed by atoms with van der Waals surface area (Å²) in [5, 5.41) is 9.17. The zero-order valence-corrected chi connectivity index (χ0v) is 8.68. The van der Waals surface area contributed by atoms with Gasteiger partial charge in [-0.05, 0) is 39.5 Å². The van der Waals surface area contributed by atoms with Gasteiger partial charge in [0, 0.05) is 0 Å². The van der Waals surface area contributed by atoms with E-state index in [1.807, 2.05) is 6.92 Å². The zero-order valence-electron chi connectivity index (χ0n) is 8.68. The number of carbonyl (C=O) groups is 1. The van der Waals surface area contributed by atoms with Gasteiger partial charge in [-0.3, -0.25) is 4.79 Å². The molecule has 0 spiro atoms. The van der Waals surface area contributed by atoms with Crippen molar-refractivity contribution in [2.45, 2.75) is 46.5 Å². The lowest BCUT2D eigenvalue weighted by molar-refractivity contribution is -0.150. The Kier molecular flexibility index (Phi) is 2.79. The maximum absolute atomic E-state index is 11.1. The van der Waals surface area contributed by atoms with E-state index >= 15 is 0 Å². The van der Waals surface area contributed by atoms with E-state index in [4.69, 9.17) is 0 Å². The summed E-state index contributed by atoms with van der Waals surface area (Å²) in [6.07, 6.45) is 3.24. The molecule has 0 aromatic heterocycles. The molecule has 0 fully saturated rings. The van der Waals surface area contributed by atoms with E-state index in [1.54, 1.807) is 0 Å². The molecule has 0 saturated heterocycles. The van der Waals surface area contributed by atoms with Gasteiger partial charge in [0.15, 0.2) is 0 Å². The molecule has 1 atom stereocenters. The fraction of sp³-hybridized carbons (Fsp3) is 0.727. The number of carboxylic acid groups (broad SMARTS) is 1. The third kappa shape index (κ3) is 1.77. The van der Waals surface area contributed by atoms with E-state index in [0.717, 1.165) is 25.7 Å². The van der Waals surface area contributed by atoms with Crippen LogP contribution in [0.15, 0.2) is 11.1 Å². The fourth-order valence-corrected chi connectivity index (χ4v) is 2.02. The van der Waals surface area contributed by atoms with Gasteiger partial charge in [-0.1, -0.05) is 18.1 Å². The van der Waals surface area contributed by atoms with Crippen molar-refractivity contribution < 1.29 is 9.90 Å². The second kappa shape index (κ2) is 3.52. The van der Waals surface area contributed by atoms with Gasteiger partial charge in [0.05, 0.1) is 5.41 Å². The second-order valence-electron chi connectivity index (χ2n) is 4.18. The van der Waals surface area contributed by atoms with E-state index in [2.05, 4.69) is 13.8 Å². The molecule has 0 saturated carbocycles. The van der Waals surface area contributed by atoms with E-state index < -0.39 is 11.4 Å². The summed E-state index contributed by atoms with van der Waals surface area (Å²) in [5.74, 6) is -0.623. The van der Waals surface area contributed by atoms with Crippen LogP contribution in [0.4, 0.5) is 0 Å². The molecule has 2 nitrogen and oxygen atoms in total. The standard InChI is InChI=1S/C11H18O2/c1-4-11(10(12)13)6-5-8(2)9(3)7-11/h4-7H2,1-3H3,(H,12,13). The Bertz CT molecular complexity index is 253. The van der Waals surface area contributed by atoms with Crippen LogP contribution in [0.5, 0.6) is 0 Å². The van der Waals surface area contributed by atoms with Crippen molar-refractivity contribution in [2.75, 3.05) is 0 Å². The minimum atomic E-state index is -0.623. The minimum Gasteiger partial charge on any atom is -0.481 e. The smallest absolute Gasteiger partial charge is 0.309 e. The van der Waals surface area contributed by atoms with Crippen LogP contribution in [-0.4, -0.2) is 11.1 Å². The quantitative estimate of drug-likeness (QED) is 0.666. The van der Waals surface area contributed by atoms with Crippen molar-refractivity contribution in [1.82, 2.24) is 0 Å². The van der Waals surface area contributed by atoms with E-state index in [0.29, 0.717) is 0 Å². The number of aliphatic carboxylic acids is 1. The zero-order chi connectivity index (χ0) is 10.1. The molecule has 0 aromatic carbocycles. The van der Waals surface area contributed by atoms with Gasteiger partial charge in [-0.25, -0.2) is 0 Å². The fourth-order valence-electron chi connectivity index (χ4n) is 2.02. The van der Waals surface area contributed by atoms with E-state index in [9.17, 15) is 9.90 Å². The van der Waals surface area contributed by atoms with Crippen molar-refractivity contribution in [3.05, 3.63) is 11.1 Å². The lowest BCUT2D eigenvalue weighted by atomic mass is 9.70. The monoisotopic (exact) mass is 182 g/mol. The van der Waals surface area contributed by atoms with Gasteiger partial charge in [-0.2, -0.15) is 0 Å². The van der Waals surface area contributed by atoms with Gasteiger partial charge in [0.1, 0.15) is 0 Å². The predicted molar refractivity (Wildman–Crippen MR) is 52.6 cm³/mol. The lowest BCUT2D eigenvalue weighted by Crippen LogP contribution is -2.33. The molecule has 1 aliphatic carbocycles. The molecule has 74 valence electrons. The van der Waals surface area contributed by atoms with Crippen LogP contribution in [-0.2, 0) is 4.79 Å². The van der Waals surface area contributed by atoms with Crippen molar-refractivity contribution in [3.8, 4) is 0 Å². The minimum absolute atomic E-state index is 0.469. The number of allylic oxidation sites excluding steroid dienone is 2. The van der Waals surface area contributed by atoms with Crippen molar-refractivity contribution in [2.24, 2.45) is 5.41 Å². The highest BCUT2D eigenvalue weighted by Gasteiger charge is 2.38. The summed E-state index contributed by atoms with van der Waals surface area (Å²) >= 11 is 0. The first kappa shape index (κ1) is 10.3. The molecule has 1 rings (SSSR count). The average Bonchev–Trinajstić information content (AvgIpc) is 2.09. The Labute approximate surface area is 79.6 Å². The largest absolute Gasteiger partial charge is 0.481 e. The summed E-state index contributed by atoms with van der Waals surface area (Å²) in [7, 11) is 0. The van der Waals surface area contributed by atoms with Gasteiger partial charge in [0.25, 0.3) is 0 Å².